The van der Waals surface area contributed by atoms with Crippen LogP contribution < -0.4 is 10.3 Å². The Balaban J connectivity index is 1.55. The standard InChI is InChI=1S/C30H28N8O2/c1-18-13-20(26-34-17-35-37-26)9-10-22(18)23-15-21(14-19-7-5-6-8-24(19)40-4)30(2,3)29(36-23)38-25(39)16-33-27-28(38)32-12-11-31-27/h5-13,15-17,21H,14H2,1-4H3,(H,34,35,37). The molecule has 0 radical (unpaired) electrons. The predicted octanol–water partition coefficient (Wildman–Crippen LogP) is 4.48. The van der Waals surface area contributed by atoms with Gasteiger partial charge in [-0.3, -0.25) is 9.89 Å². The lowest BCUT2D eigenvalue weighted by molar-refractivity contribution is 0.351. The third-order valence-electron chi connectivity index (χ3n) is 7.51. The van der Waals surface area contributed by atoms with E-state index in [9.17, 15) is 4.79 Å². The molecule has 1 N–H and O–H groups in total. The average Bonchev–Trinajstić information content (AvgIpc) is 3.50. The number of rotatable bonds is 5. The minimum Gasteiger partial charge on any atom is -0.496 e. The van der Waals surface area contributed by atoms with Crippen LogP contribution in [0.3, 0.4) is 0 Å². The number of H-pyrrole nitrogens is 1. The van der Waals surface area contributed by atoms with Crippen LogP contribution in [0.15, 0.2) is 83.2 Å². The molecule has 1 unspecified atom stereocenters. The van der Waals surface area contributed by atoms with Crippen molar-refractivity contribution in [2.45, 2.75) is 27.2 Å². The molecule has 0 spiro atoms. The number of ether oxygens (including phenoxy) is 1. The van der Waals surface area contributed by atoms with E-state index in [0.717, 1.165) is 33.7 Å². The summed E-state index contributed by atoms with van der Waals surface area (Å²) in [4.78, 5) is 35.8. The van der Waals surface area contributed by atoms with E-state index in [-0.39, 0.29) is 11.5 Å². The van der Waals surface area contributed by atoms with Gasteiger partial charge < -0.3 is 4.74 Å². The molecule has 1 atom stereocenters. The largest absolute Gasteiger partial charge is 0.496 e. The first kappa shape index (κ1) is 25.3. The summed E-state index contributed by atoms with van der Waals surface area (Å²) in [5.41, 5.74) is 4.63. The number of benzene rings is 2. The van der Waals surface area contributed by atoms with Crippen molar-refractivity contribution in [3.8, 4) is 17.1 Å². The summed E-state index contributed by atoms with van der Waals surface area (Å²) in [6.45, 7) is 6.25. The summed E-state index contributed by atoms with van der Waals surface area (Å²) in [5, 5.41) is 6.88. The van der Waals surface area contributed by atoms with E-state index in [1.807, 2.05) is 37.3 Å². The molecule has 1 aliphatic heterocycles. The molecule has 0 saturated carbocycles. The highest BCUT2D eigenvalue weighted by atomic mass is 16.5. The highest BCUT2D eigenvalue weighted by Gasteiger charge is 2.40. The Hall–Kier alpha value is -4.99. The quantitative estimate of drug-likeness (QED) is 0.354. The van der Waals surface area contributed by atoms with Gasteiger partial charge in [-0.05, 0) is 42.5 Å². The highest BCUT2D eigenvalue weighted by molar-refractivity contribution is 5.99. The second-order valence-electron chi connectivity index (χ2n) is 10.3. The summed E-state index contributed by atoms with van der Waals surface area (Å²) in [5.74, 6) is 2.07. The van der Waals surface area contributed by atoms with Crippen molar-refractivity contribution >= 4 is 22.8 Å². The summed E-state index contributed by atoms with van der Waals surface area (Å²) in [6.07, 6.45) is 8.77. The van der Waals surface area contributed by atoms with Gasteiger partial charge in [-0.2, -0.15) is 5.10 Å². The Bertz CT molecular complexity index is 1840. The van der Waals surface area contributed by atoms with Crippen LogP contribution in [-0.2, 0) is 6.42 Å². The maximum atomic E-state index is 13.4. The zero-order valence-electron chi connectivity index (χ0n) is 22.7. The van der Waals surface area contributed by atoms with E-state index in [0.29, 0.717) is 29.4 Å². The summed E-state index contributed by atoms with van der Waals surface area (Å²) < 4.78 is 7.23. The van der Waals surface area contributed by atoms with Crippen LogP contribution in [0.2, 0.25) is 0 Å². The zero-order chi connectivity index (χ0) is 27.9. The molecular formula is C30H28N8O2. The number of aliphatic imine (C=N–C) groups is 1. The maximum absolute atomic E-state index is 13.4. The number of fused-ring (bicyclic) bond motifs is 1. The minimum absolute atomic E-state index is 0.0357. The van der Waals surface area contributed by atoms with Crippen LogP contribution in [0, 0.1) is 18.3 Å². The van der Waals surface area contributed by atoms with Crippen LogP contribution in [-0.4, -0.2) is 47.6 Å². The number of methoxy groups -OCH3 is 1. The number of para-hydroxylation sites is 1. The fraction of sp³-hybridized carbons (Fsp3) is 0.233. The lowest BCUT2D eigenvalue weighted by atomic mass is 9.72. The minimum atomic E-state index is -0.562. The maximum Gasteiger partial charge on any atom is 0.276 e. The number of hydrogen-bond donors (Lipinski definition) is 1. The smallest absolute Gasteiger partial charge is 0.276 e. The van der Waals surface area contributed by atoms with Crippen molar-refractivity contribution in [1.29, 1.82) is 0 Å². The van der Waals surface area contributed by atoms with Gasteiger partial charge in [0.2, 0.25) is 0 Å². The van der Waals surface area contributed by atoms with Gasteiger partial charge in [0.1, 0.15) is 17.9 Å². The highest BCUT2D eigenvalue weighted by Crippen LogP contribution is 2.42. The normalized spacial score (nSPS) is 16.4. The number of hydrogen-bond acceptors (Lipinski definition) is 8. The first-order valence-electron chi connectivity index (χ1n) is 13.0. The lowest BCUT2D eigenvalue weighted by Crippen LogP contribution is -2.44. The van der Waals surface area contributed by atoms with Crippen LogP contribution in [0.4, 0.5) is 0 Å². The Kier molecular flexibility index (Phi) is 6.30. The first-order chi connectivity index (χ1) is 19.4. The molecule has 1 aliphatic rings. The van der Waals surface area contributed by atoms with E-state index < -0.39 is 5.41 Å². The number of nitrogens with zero attached hydrogens (tertiary/aromatic N) is 7. The van der Waals surface area contributed by atoms with Crippen molar-refractivity contribution < 1.29 is 4.74 Å². The second-order valence-corrected chi connectivity index (χ2v) is 10.3. The number of nitrogens with one attached hydrogen (secondary N) is 1. The van der Waals surface area contributed by atoms with Gasteiger partial charge in [0, 0.05) is 28.9 Å². The molecule has 10 heteroatoms. The lowest BCUT2D eigenvalue weighted by Gasteiger charge is -2.38. The molecule has 0 bridgehead atoms. The van der Waals surface area contributed by atoms with Gasteiger partial charge in [0.25, 0.3) is 5.56 Å². The van der Waals surface area contributed by atoms with Gasteiger partial charge >= 0.3 is 0 Å². The van der Waals surface area contributed by atoms with E-state index >= 15 is 0 Å². The van der Waals surface area contributed by atoms with E-state index in [1.54, 1.807) is 24.1 Å². The van der Waals surface area contributed by atoms with Crippen molar-refractivity contribution in [2.24, 2.45) is 16.3 Å². The summed E-state index contributed by atoms with van der Waals surface area (Å²) in [6, 6.07) is 14.1. The van der Waals surface area contributed by atoms with Gasteiger partial charge in [0.15, 0.2) is 17.1 Å². The Morgan fingerprint density at radius 2 is 1.88 bits per heavy atom. The molecule has 3 aromatic heterocycles. The SMILES string of the molecule is COc1ccccc1CC1C=C(c2ccc(-c3ncn[nH]3)cc2C)N=C(n2c(=O)cnc3nccnc32)C1(C)C. The molecule has 2 aromatic carbocycles. The van der Waals surface area contributed by atoms with Crippen LogP contribution in [0.1, 0.15) is 30.5 Å². The number of aryl methyl sites for hydroxylation is 1. The summed E-state index contributed by atoms with van der Waals surface area (Å²) >= 11 is 0. The van der Waals surface area contributed by atoms with Crippen LogP contribution in [0.25, 0.3) is 28.4 Å². The molecule has 0 saturated heterocycles. The van der Waals surface area contributed by atoms with Crippen LogP contribution >= 0.6 is 0 Å². The molecule has 6 rings (SSSR count). The molecule has 0 fully saturated rings. The van der Waals surface area contributed by atoms with Gasteiger partial charge in [-0.15, -0.1) is 0 Å². The van der Waals surface area contributed by atoms with Crippen molar-refractivity contribution in [2.75, 3.05) is 7.11 Å². The number of aromatic amines is 1. The number of aromatic nitrogens is 7. The van der Waals surface area contributed by atoms with Gasteiger partial charge in [-0.1, -0.05) is 50.3 Å². The molecule has 0 amide bonds. The topological polar surface area (TPSA) is 124 Å². The Labute approximate surface area is 230 Å². The fourth-order valence-electron chi connectivity index (χ4n) is 5.27. The van der Waals surface area contributed by atoms with Crippen molar-refractivity contribution in [3.63, 3.8) is 0 Å². The average molecular weight is 533 g/mol. The molecule has 200 valence electrons. The molecular weight excluding hydrogens is 504 g/mol. The molecule has 10 nitrogen and oxygen atoms in total. The van der Waals surface area contributed by atoms with Crippen LogP contribution in [0.5, 0.6) is 5.75 Å². The fourth-order valence-corrected chi connectivity index (χ4v) is 5.27. The van der Waals surface area contributed by atoms with E-state index in [1.165, 1.54) is 12.5 Å². The second kappa shape index (κ2) is 9.96. The third kappa shape index (κ3) is 4.37. The third-order valence-corrected chi connectivity index (χ3v) is 7.51. The van der Waals surface area contributed by atoms with E-state index in [2.05, 4.69) is 62.2 Å². The predicted molar refractivity (Wildman–Crippen MR) is 153 cm³/mol. The Morgan fingerprint density at radius 3 is 2.65 bits per heavy atom. The van der Waals surface area contributed by atoms with Gasteiger partial charge in [0.05, 0.1) is 19.0 Å². The molecule has 4 heterocycles. The number of allylic oxidation sites excluding steroid dienone is 1. The summed E-state index contributed by atoms with van der Waals surface area (Å²) in [7, 11) is 1.68. The Morgan fingerprint density at radius 1 is 1.05 bits per heavy atom. The molecule has 0 aliphatic carbocycles. The molecule has 40 heavy (non-hydrogen) atoms. The van der Waals surface area contributed by atoms with Crippen molar-refractivity contribution in [1.82, 2.24) is 34.7 Å². The van der Waals surface area contributed by atoms with Gasteiger partial charge in [-0.25, -0.2) is 29.5 Å². The monoisotopic (exact) mass is 532 g/mol. The zero-order valence-corrected chi connectivity index (χ0v) is 22.7. The first-order valence-corrected chi connectivity index (χ1v) is 13.0. The molecule has 5 aromatic rings. The van der Waals surface area contributed by atoms with Crippen molar-refractivity contribution in [3.05, 3.63) is 101 Å². The van der Waals surface area contributed by atoms with E-state index in [4.69, 9.17) is 9.73 Å².